The van der Waals surface area contributed by atoms with Crippen LogP contribution in [0.25, 0.3) is 0 Å². The summed E-state index contributed by atoms with van der Waals surface area (Å²) in [7, 11) is -1.71. The van der Waals surface area contributed by atoms with Crippen molar-refractivity contribution in [2.45, 2.75) is 38.9 Å². The molecule has 0 atom stereocenters. The van der Waals surface area contributed by atoms with E-state index in [1.165, 1.54) is 0 Å². The van der Waals surface area contributed by atoms with Crippen molar-refractivity contribution in [3.8, 4) is 0 Å². The second-order valence-electron chi connectivity index (χ2n) is 3.42. The number of hydrogen-bond acceptors (Lipinski definition) is 2. The Bertz CT molecular complexity index is 148. The molecule has 0 unspecified atom stereocenters. The van der Waals surface area contributed by atoms with Gasteiger partial charge in [-0.3, -0.25) is 4.79 Å². The third kappa shape index (κ3) is 5.60. The molecule has 0 heterocycles. The predicted molar refractivity (Wildman–Crippen MR) is 54.0 cm³/mol. The summed E-state index contributed by atoms with van der Waals surface area (Å²) in [4.78, 5) is 11.1. The normalized spacial score (nSPS) is 11.3. The molecule has 0 aromatic rings. The molecule has 0 spiro atoms. The smallest absolute Gasteiger partial charge is 0.293 e. The Balaban J connectivity index is 3.79. The van der Waals surface area contributed by atoms with Crippen LogP contribution in [0.3, 0.4) is 0 Å². The van der Waals surface area contributed by atoms with Gasteiger partial charge in [0.15, 0.2) is 0 Å². The van der Waals surface area contributed by atoms with Crippen LogP contribution in [-0.4, -0.2) is 20.2 Å². The van der Waals surface area contributed by atoms with Crippen molar-refractivity contribution in [1.29, 1.82) is 0 Å². The Morgan fingerprint density at radius 3 is 2.50 bits per heavy atom. The molecular formula is C8H17ClO2Si. The van der Waals surface area contributed by atoms with Gasteiger partial charge in [-0.2, -0.15) is 0 Å². The topological polar surface area (TPSA) is 26.3 Å². The average Bonchev–Trinajstić information content (AvgIpc) is 1.85. The first kappa shape index (κ1) is 12.0. The highest BCUT2D eigenvalue weighted by Gasteiger charge is 2.25. The van der Waals surface area contributed by atoms with Gasteiger partial charge in [-0.1, -0.05) is 13.3 Å². The minimum Gasteiger partial charge on any atom is -0.520 e. The van der Waals surface area contributed by atoms with Crippen LogP contribution >= 0.6 is 11.6 Å². The van der Waals surface area contributed by atoms with E-state index in [4.69, 9.17) is 16.0 Å². The van der Waals surface area contributed by atoms with Crippen LogP contribution in [-0.2, 0) is 9.22 Å². The molecule has 0 N–H and O–H groups in total. The summed E-state index contributed by atoms with van der Waals surface area (Å²) < 4.78 is 5.33. The number of carbonyl (C=O) groups excluding carboxylic acids is 1. The number of carbonyl (C=O) groups is 1. The lowest BCUT2D eigenvalue weighted by Gasteiger charge is -2.21. The Morgan fingerprint density at radius 2 is 2.08 bits per heavy atom. The molecule has 0 aromatic carbocycles. The number of hydrogen-bond donors (Lipinski definition) is 0. The molecule has 0 aromatic heterocycles. The standard InChI is InChI=1S/C8H17ClO2Si/c1-4-7-12(2,3)11-8(10)5-6-9/h4-7H2,1-3H3. The molecule has 0 amide bonds. The van der Waals surface area contributed by atoms with Crippen LogP contribution in [0.4, 0.5) is 0 Å². The zero-order chi connectivity index (χ0) is 9.61. The maximum absolute atomic E-state index is 11.1. The molecule has 0 bridgehead atoms. The van der Waals surface area contributed by atoms with E-state index in [1.807, 2.05) is 0 Å². The summed E-state index contributed by atoms with van der Waals surface area (Å²) in [6, 6.07) is 1.03. The van der Waals surface area contributed by atoms with Gasteiger partial charge in [0.25, 0.3) is 5.97 Å². The first-order valence-corrected chi connectivity index (χ1v) is 7.94. The lowest BCUT2D eigenvalue weighted by molar-refractivity contribution is -0.134. The van der Waals surface area contributed by atoms with Gasteiger partial charge in [0.1, 0.15) is 0 Å². The Kier molecular flexibility index (Phi) is 5.58. The lowest BCUT2D eigenvalue weighted by atomic mass is 10.5. The van der Waals surface area contributed by atoms with Crippen LogP contribution in [0.5, 0.6) is 0 Å². The molecule has 0 aliphatic carbocycles. The summed E-state index contributed by atoms with van der Waals surface area (Å²) >= 11 is 5.42. The lowest BCUT2D eigenvalue weighted by Crippen LogP contribution is -2.33. The van der Waals surface area contributed by atoms with Gasteiger partial charge < -0.3 is 4.43 Å². The highest BCUT2D eigenvalue weighted by atomic mass is 35.5. The molecule has 0 fully saturated rings. The third-order valence-corrected chi connectivity index (χ3v) is 4.21. The van der Waals surface area contributed by atoms with E-state index in [2.05, 4.69) is 20.0 Å². The van der Waals surface area contributed by atoms with Gasteiger partial charge in [0.2, 0.25) is 8.32 Å². The summed E-state index contributed by atoms with van der Waals surface area (Å²) in [5.74, 6) is 0.213. The van der Waals surface area contributed by atoms with Crippen LogP contribution < -0.4 is 0 Å². The summed E-state index contributed by atoms with van der Waals surface area (Å²) in [5, 5.41) is 0. The zero-order valence-electron chi connectivity index (χ0n) is 8.02. The van der Waals surface area contributed by atoms with Crippen molar-refractivity contribution in [1.82, 2.24) is 0 Å². The maximum atomic E-state index is 11.1. The number of alkyl halides is 1. The molecule has 12 heavy (non-hydrogen) atoms. The third-order valence-electron chi connectivity index (χ3n) is 1.54. The van der Waals surface area contributed by atoms with E-state index in [1.54, 1.807) is 0 Å². The van der Waals surface area contributed by atoms with E-state index < -0.39 is 8.32 Å². The SMILES string of the molecule is CCC[Si](C)(C)OC(=O)CCCl. The zero-order valence-corrected chi connectivity index (χ0v) is 9.78. The Morgan fingerprint density at radius 1 is 1.50 bits per heavy atom. The predicted octanol–water partition coefficient (Wildman–Crippen LogP) is 2.77. The van der Waals surface area contributed by atoms with Crippen molar-refractivity contribution in [3.05, 3.63) is 0 Å². The second kappa shape index (κ2) is 5.59. The minimum atomic E-state index is -1.71. The quantitative estimate of drug-likeness (QED) is 0.513. The summed E-state index contributed by atoms with van der Waals surface area (Å²) in [6.07, 6.45) is 1.41. The largest absolute Gasteiger partial charge is 0.520 e. The first-order valence-electron chi connectivity index (χ1n) is 4.29. The number of halogens is 1. The summed E-state index contributed by atoms with van der Waals surface area (Å²) in [6.45, 7) is 6.22. The van der Waals surface area contributed by atoms with Crippen molar-refractivity contribution < 1.29 is 9.22 Å². The molecule has 0 aliphatic rings. The van der Waals surface area contributed by atoms with Gasteiger partial charge in [0, 0.05) is 5.88 Å². The first-order chi connectivity index (χ1) is 5.52. The fourth-order valence-corrected chi connectivity index (χ4v) is 3.27. The van der Waals surface area contributed by atoms with Crippen LogP contribution in [0, 0.1) is 0 Å². The molecule has 0 saturated carbocycles. The fraction of sp³-hybridized carbons (Fsp3) is 0.875. The Labute approximate surface area is 80.4 Å². The van der Waals surface area contributed by atoms with E-state index in [0.29, 0.717) is 12.3 Å². The van der Waals surface area contributed by atoms with Crippen molar-refractivity contribution in [2.75, 3.05) is 5.88 Å². The monoisotopic (exact) mass is 208 g/mol. The van der Waals surface area contributed by atoms with E-state index in [9.17, 15) is 4.79 Å². The van der Waals surface area contributed by atoms with Crippen molar-refractivity contribution >= 4 is 25.9 Å². The molecule has 0 rings (SSSR count). The van der Waals surface area contributed by atoms with Gasteiger partial charge in [-0.15, -0.1) is 11.6 Å². The van der Waals surface area contributed by atoms with Crippen molar-refractivity contribution in [2.24, 2.45) is 0 Å². The average molecular weight is 209 g/mol. The molecule has 72 valence electrons. The fourth-order valence-electron chi connectivity index (χ4n) is 1.09. The minimum absolute atomic E-state index is 0.143. The molecule has 0 aliphatic heterocycles. The highest BCUT2D eigenvalue weighted by Crippen LogP contribution is 2.14. The van der Waals surface area contributed by atoms with Gasteiger partial charge >= 0.3 is 0 Å². The summed E-state index contributed by atoms with van der Waals surface area (Å²) in [5.41, 5.74) is 0. The van der Waals surface area contributed by atoms with Gasteiger partial charge in [-0.25, -0.2) is 0 Å². The maximum Gasteiger partial charge on any atom is 0.293 e. The van der Waals surface area contributed by atoms with Crippen LogP contribution in [0.15, 0.2) is 0 Å². The molecule has 0 saturated heterocycles. The second-order valence-corrected chi connectivity index (χ2v) is 8.02. The number of rotatable bonds is 5. The Hall–Kier alpha value is -0.0231. The van der Waals surface area contributed by atoms with Gasteiger partial charge in [0.05, 0.1) is 6.42 Å². The molecule has 4 heteroatoms. The van der Waals surface area contributed by atoms with Gasteiger partial charge in [-0.05, 0) is 19.1 Å². The highest BCUT2D eigenvalue weighted by molar-refractivity contribution is 6.72. The van der Waals surface area contributed by atoms with E-state index in [-0.39, 0.29) is 5.97 Å². The van der Waals surface area contributed by atoms with Crippen molar-refractivity contribution in [3.63, 3.8) is 0 Å². The van der Waals surface area contributed by atoms with Crippen LogP contribution in [0.1, 0.15) is 19.8 Å². The van der Waals surface area contributed by atoms with Crippen LogP contribution in [0.2, 0.25) is 19.1 Å². The molecule has 2 nitrogen and oxygen atoms in total. The molecule has 0 radical (unpaired) electrons. The van der Waals surface area contributed by atoms with E-state index >= 15 is 0 Å². The van der Waals surface area contributed by atoms with E-state index in [0.717, 1.165) is 12.5 Å². The molecular weight excluding hydrogens is 192 g/mol.